The summed E-state index contributed by atoms with van der Waals surface area (Å²) in [4.78, 5) is 15.9. The number of fused-ring (bicyclic) bond motifs is 2. The van der Waals surface area contributed by atoms with Crippen molar-refractivity contribution in [3.8, 4) is 5.75 Å². The third-order valence-corrected chi connectivity index (χ3v) is 7.99. The van der Waals surface area contributed by atoms with E-state index < -0.39 is 0 Å². The van der Waals surface area contributed by atoms with Gasteiger partial charge in [0, 0.05) is 48.1 Å². The molecule has 1 saturated heterocycles. The van der Waals surface area contributed by atoms with Gasteiger partial charge in [-0.1, -0.05) is 54.6 Å². The van der Waals surface area contributed by atoms with Gasteiger partial charge in [-0.25, -0.2) is 9.97 Å². The van der Waals surface area contributed by atoms with Crippen LogP contribution in [0.5, 0.6) is 5.75 Å². The number of ether oxygens (including phenoxy) is 1. The first-order chi connectivity index (χ1) is 20.3. The van der Waals surface area contributed by atoms with Gasteiger partial charge in [-0.3, -0.25) is 4.98 Å². The molecule has 41 heavy (non-hydrogen) atoms. The lowest BCUT2D eigenvalue weighted by molar-refractivity contribution is 0.145. The second kappa shape index (κ2) is 13.4. The number of rotatable bonds is 12. The van der Waals surface area contributed by atoms with Crippen molar-refractivity contribution in [2.45, 2.75) is 25.7 Å². The molecule has 0 saturated carbocycles. The fraction of sp³-hybridized carbons (Fsp3) is 0.324. The Balaban J connectivity index is 0.931. The molecule has 6 rings (SSSR count). The minimum atomic E-state index is 0.574. The zero-order valence-electron chi connectivity index (χ0n) is 23.5. The maximum Gasteiger partial charge on any atom is 0.137 e. The van der Waals surface area contributed by atoms with Gasteiger partial charge in [-0.2, -0.15) is 0 Å². The molecule has 1 aliphatic rings. The van der Waals surface area contributed by atoms with Crippen molar-refractivity contribution >= 4 is 33.2 Å². The summed E-state index contributed by atoms with van der Waals surface area (Å²) in [5, 5.41) is 10.5. The molecule has 1 fully saturated rings. The number of nitrogens with zero attached hydrogens (tertiary/aromatic N) is 4. The van der Waals surface area contributed by atoms with Gasteiger partial charge in [0.2, 0.25) is 0 Å². The second-order valence-electron chi connectivity index (χ2n) is 10.8. The number of piperidine rings is 1. The van der Waals surface area contributed by atoms with Crippen LogP contribution >= 0.6 is 0 Å². The van der Waals surface area contributed by atoms with E-state index in [0.29, 0.717) is 5.92 Å². The largest absolute Gasteiger partial charge is 0.493 e. The summed E-state index contributed by atoms with van der Waals surface area (Å²) in [7, 11) is 0. The third kappa shape index (κ3) is 7.11. The Hall–Kier alpha value is -4.23. The summed E-state index contributed by atoms with van der Waals surface area (Å²) >= 11 is 0. The van der Waals surface area contributed by atoms with Crippen LogP contribution in [0, 0.1) is 5.92 Å². The number of hydrogen-bond donors (Lipinski definition) is 2. The molecule has 0 radical (unpaired) electrons. The number of nitrogens with one attached hydrogen (secondary N) is 2. The Morgan fingerprint density at radius 3 is 2.59 bits per heavy atom. The van der Waals surface area contributed by atoms with Crippen LogP contribution < -0.4 is 15.4 Å². The van der Waals surface area contributed by atoms with E-state index in [9.17, 15) is 0 Å². The molecule has 1 aliphatic heterocycles. The van der Waals surface area contributed by atoms with E-state index >= 15 is 0 Å². The molecule has 3 aromatic carbocycles. The number of benzene rings is 3. The molecule has 7 heteroatoms. The molecule has 210 valence electrons. The number of likely N-dealkylation sites (tertiary alicyclic amines) is 1. The monoisotopic (exact) mass is 546 g/mol. The second-order valence-corrected chi connectivity index (χ2v) is 10.8. The van der Waals surface area contributed by atoms with Crippen molar-refractivity contribution in [3.05, 3.63) is 97.1 Å². The molecule has 0 atom stereocenters. The van der Waals surface area contributed by atoms with E-state index in [-0.39, 0.29) is 0 Å². The number of hydrogen-bond acceptors (Lipinski definition) is 7. The normalized spacial score (nSPS) is 14.3. The van der Waals surface area contributed by atoms with E-state index in [0.717, 1.165) is 93.2 Å². The highest BCUT2D eigenvalue weighted by Crippen LogP contribution is 2.26. The van der Waals surface area contributed by atoms with Crippen LogP contribution in [-0.4, -0.2) is 59.2 Å². The van der Waals surface area contributed by atoms with Gasteiger partial charge in [-0.15, -0.1) is 0 Å². The van der Waals surface area contributed by atoms with Crippen molar-refractivity contribution in [2.24, 2.45) is 5.92 Å². The Labute approximate surface area is 242 Å². The molecule has 3 heterocycles. The standard InChI is InChI=1S/C34H38N6O/c1-2-7-26(8-3-1)9-6-16-37-34-31-13-12-29(21-32(31)38-25-39-34)41-24-27-14-18-40(19-15-27)20-17-36-33-23-35-22-28-10-4-5-11-30(28)33/h1-5,7-8,10-13,21-23,25,27,36H,6,9,14-20,24H2,(H,37,38,39). The minimum Gasteiger partial charge on any atom is -0.493 e. The molecule has 7 nitrogen and oxygen atoms in total. The number of aryl methyl sites for hydroxylation is 1. The van der Waals surface area contributed by atoms with Crippen LogP contribution in [0.2, 0.25) is 0 Å². The maximum atomic E-state index is 6.24. The molecule has 0 unspecified atom stereocenters. The molecule has 2 N–H and O–H groups in total. The van der Waals surface area contributed by atoms with Crippen molar-refractivity contribution in [3.63, 3.8) is 0 Å². The molecule has 5 aromatic rings. The van der Waals surface area contributed by atoms with Crippen LogP contribution in [0.25, 0.3) is 21.7 Å². The zero-order valence-corrected chi connectivity index (χ0v) is 23.5. The van der Waals surface area contributed by atoms with Gasteiger partial charge >= 0.3 is 0 Å². The van der Waals surface area contributed by atoms with E-state index in [4.69, 9.17) is 4.74 Å². The van der Waals surface area contributed by atoms with Crippen LogP contribution in [0.15, 0.2) is 91.5 Å². The first kappa shape index (κ1) is 27.0. The summed E-state index contributed by atoms with van der Waals surface area (Å²) < 4.78 is 6.24. The quantitative estimate of drug-likeness (QED) is 0.175. The molecule has 0 spiro atoms. The molecular weight excluding hydrogens is 508 g/mol. The topological polar surface area (TPSA) is 75.2 Å². The van der Waals surface area contributed by atoms with Crippen molar-refractivity contribution in [1.82, 2.24) is 19.9 Å². The first-order valence-electron chi connectivity index (χ1n) is 14.8. The Morgan fingerprint density at radius 1 is 0.829 bits per heavy atom. The summed E-state index contributed by atoms with van der Waals surface area (Å²) in [5.74, 6) is 2.33. The number of anilines is 2. The molecule has 0 aliphatic carbocycles. The predicted octanol–water partition coefficient (Wildman–Crippen LogP) is 6.43. The SMILES string of the molecule is c1ccc(CCCNc2ncnc3cc(OCC4CCN(CCNc5cncc6ccccc56)CC4)ccc23)cc1. The van der Waals surface area contributed by atoms with Crippen molar-refractivity contribution in [2.75, 3.05) is 50.0 Å². The summed E-state index contributed by atoms with van der Waals surface area (Å²) in [5.41, 5.74) is 3.38. The minimum absolute atomic E-state index is 0.574. The van der Waals surface area contributed by atoms with Crippen LogP contribution in [0.3, 0.4) is 0 Å². The van der Waals surface area contributed by atoms with Crippen LogP contribution in [0.1, 0.15) is 24.8 Å². The Morgan fingerprint density at radius 2 is 1.68 bits per heavy atom. The van der Waals surface area contributed by atoms with Gasteiger partial charge in [0.05, 0.1) is 24.0 Å². The maximum absolute atomic E-state index is 6.24. The fourth-order valence-corrected chi connectivity index (χ4v) is 5.61. The van der Waals surface area contributed by atoms with E-state index in [1.807, 2.05) is 24.5 Å². The summed E-state index contributed by atoms with van der Waals surface area (Å²) in [6.07, 6.45) is 9.89. The van der Waals surface area contributed by atoms with E-state index in [1.54, 1.807) is 6.33 Å². The van der Waals surface area contributed by atoms with Gasteiger partial charge in [0.15, 0.2) is 0 Å². The molecular formula is C34H38N6O. The van der Waals surface area contributed by atoms with Crippen molar-refractivity contribution < 1.29 is 4.74 Å². The van der Waals surface area contributed by atoms with Crippen molar-refractivity contribution in [1.29, 1.82) is 0 Å². The van der Waals surface area contributed by atoms with Gasteiger partial charge < -0.3 is 20.3 Å². The van der Waals surface area contributed by atoms with Gasteiger partial charge in [0.25, 0.3) is 0 Å². The highest BCUT2D eigenvalue weighted by molar-refractivity contribution is 5.92. The lowest BCUT2D eigenvalue weighted by Crippen LogP contribution is -2.38. The Kier molecular flexibility index (Phi) is 8.82. The van der Waals surface area contributed by atoms with Gasteiger partial charge in [0.1, 0.15) is 17.9 Å². The summed E-state index contributed by atoms with van der Waals surface area (Å²) in [6, 6.07) is 25.1. The average molecular weight is 547 g/mol. The average Bonchev–Trinajstić information content (AvgIpc) is 3.03. The van der Waals surface area contributed by atoms with Crippen LogP contribution in [0.4, 0.5) is 11.5 Å². The smallest absolute Gasteiger partial charge is 0.137 e. The first-order valence-corrected chi connectivity index (χ1v) is 14.8. The molecule has 0 bridgehead atoms. The van der Waals surface area contributed by atoms with E-state index in [2.05, 4.69) is 91.1 Å². The van der Waals surface area contributed by atoms with E-state index in [1.165, 1.54) is 16.3 Å². The molecule has 2 aromatic heterocycles. The predicted molar refractivity (Wildman–Crippen MR) is 168 cm³/mol. The number of aromatic nitrogens is 3. The lowest BCUT2D eigenvalue weighted by Gasteiger charge is -2.32. The summed E-state index contributed by atoms with van der Waals surface area (Å²) in [6.45, 7) is 5.77. The molecule has 0 amide bonds. The number of pyridine rings is 1. The van der Waals surface area contributed by atoms with Gasteiger partial charge in [-0.05, 0) is 62.4 Å². The Bertz CT molecular complexity index is 1550. The zero-order chi connectivity index (χ0) is 27.7. The van der Waals surface area contributed by atoms with Crippen LogP contribution in [-0.2, 0) is 6.42 Å². The third-order valence-electron chi connectivity index (χ3n) is 7.99. The highest BCUT2D eigenvalue weighted by Gasteiger charge is 2.19. The lowest BCUT2D eigenvalue weighted by atomic mass is 9.98. The fourth-order valence-electron chi connectivity index (χ4n) is 5.61. The highest BCUT2D eigenvalue weighted by atomic mass is 16.5.